The summed E-state index contributed by atoms with van der Waals surface area (Å²) in [6, 6.07) is 37.9. The molecule has 0 N–H and O–H groups in total. The molecule has 0 spiro atoms. The van der Waals surface area contributed by atoms with Gasteiger partial charge in [-0.15, -0.1) is 0 Å². The van der Waals surface area contributed by atoms with Gasteiger partial charge in [0.25, 0.3) is 0 Å². The van der Waals surface area contributed by atoms with Gasteiger partial charge in [-0.1, -0.05) is 120 Å². The van der Waals surface area contributed by atoms with E-state index in [4.69, 9.17) is 4.99 Å². The first-order chi connectivity index (χ1) is 14.7. The smallest absolute Gasteiger partial charge is 0.0781 e. The van der Waals surface area contributed by atoms with Crippen LogP contribution in [0.5, 0.6) is 0 Å². The molecular weight excluding hydrogens is 362 g/mol. The third-order valence-corrected chi connectivity index (χ3v) is 5.05. The summed E-state index contributed by atoms with van der Waals surface area (Å²) >= 11 is 0. The first kappa shape index (κ1) is 19.6. The Hall–Kier alpha value is -3.71. The maximum Gasteiger partial charge on any atom is 0.0781 e. The summed E-state index contributed by atoms with van der Waals surface area (Å²) in [6.07, 6.45) is 2.16. The second-order valence-corrected chi connectivity index (χ2v) is 7.50. The second kappa shape index (κ2) is 9.19. The van der Waals surface area contributed by atoms with Gasteiger partial charge in [-0.25, -0.2) is 4.99 Å². The predicted octanol–water partition coefficient (Wildman–Crippen LogP) is 7.34. The molecule has 0 aromatic heterocycles. The van der Waals surface area contributed by atoms with E-state index in [0.717, 1.165) is 33.7 Å². The number of aliphatic imine (C=N–C) groups is 1. The van der Waals surface area contributed by atoms with Crippen molar-refractivity contribution in [3.8, 4) is 0 Å². The van der Waals surface area contributed by atoms with Crippen LogP contribution in [0, 0.1) is 13.8 Å². The molecule has 146 valence electrons. The third kappa shape index (κ3) is 4.82. The summed E-state index contributed by atoms with van der Waals surface area (Å²) in [5.74, 6) is 0. The van der Waals surface area contributed by atoms with Crippen LogP contribution in [0.4, 0.5) is 0 Å². The maximum absolute atomic E-state index is 5.21. The fourth-order valence-corrected chi connectivity index (χ4v) is 3.33. The quantitative estimate of drug-likeness (QED) is 0.251. The lowest BCUT2D eigenvalue weighted by Crippen LogP contribution is -2.03. The van der Waals surface area contributed by atoms with Crippen molar-refractivity contribution in [1.82, 2.24) is 0 Å². The van der Waals surface area contributed by atoms with E-state index in [1.165, 1.54) is 11.1 Å². The zero-order valence-electron chi connectivity index (χ0n) is 17.4. The van der Waals surface area contributed by atoms with Gasteiger partial charge in [-0.3, -0.25) is 0 Å². The highest BCUT2D eigenvalue weighted by Gasteiger charge is 2.09. The van der Waals surface area contributed by atoms with E-state index in [2.05, 4.69) is 117 Å². The predicted molar refractivity (Wildman–Crippen MR) is 129 cm³/mol. The van der Waals surface area contributed by atoms with Gasteiger partial charge in [0.15, 0.2) is 0 Å². The van der Waals surface area contributed by atoms with Crippen LogP contribution in [0.15, 0.2) is 114 Å². The van der Waals surface area contributed by atoms with Crippen molar-refractivity contribution in [2.75, 3.05) is 0 Å². The lowest BCUT2D eigenvalue weighted by Gasteiger charge is -2.11. The molecule has 1 heteroatoms. The standard InChI is InChI=1S/C29H25N/c1-22-13-17-24(18-14-22)21-28(25-19-15-23(2)16-20-25)30-29(26-9-5-3-6-10-26)27-11-7-4-8-12-27/h3-21H,1-2H3/b28-21+. The van der Waals surface area contributed by atoms with Crippen LogP contribution in [-0.2, 0) is 0 Å². The summed E-state index contributed by atoms with van der Waals surface area (Å²) in [5, 5.41) is 0. The minimum Gasteiger partial charge on any atom is -0.247 e. The Balaban J connectivity index is 1.90. The minimum atomic E-state index is 0.946. The van der Waals surface area contributed by atoms with Gasteiger partial charge in [0.2, 0.25) is 0 Å². The molecule has 0 fully saturated rings. The molecule has 4 aromatic rings. The maximum atomic E-state index is 5.21. The normalized spacial score (nSPS) is 11.2. The van der Waals surface area contributed by atoms with E-state index in [1.807, 2.05) is 12.1 Å². The molecule has 4 rings (SSSR count). The zero-order chi connectivity index (χ0) is 20.8. The van der Waals surface area contributed by atoms with Crippen molar-refractivity contribution < 1.29 is 0 Å². The van der Waals surface area contributed by atoms with Gasteiger partial charge >= 0.3 is 0 Å². The van der Waals surface area contributed by atoms with E-state index in [9.17, 15) is 0 Å². The molecule has 1 nitrogen and oxygen atoms in total. The molecule has 30 heavy (non-hydrogen) atoms. The van der Waals surface area contributed by atoms with E-state index in [0.29, 0.717) is 0 Å². The Morgan fingerprint density at radius 1 is 0.533 bits per heavy atom. The monoisotopic (exact) mass is 387 g/mol. The Morgan fingerprint density at radius 3 is 1.50 bits per heavy atom. The molecule has 0 heterocycles. The average Bonchev–Trinajstić information content (AvgIpc) is 2.80. The highest BCUT2D eigenvalue weighted by Crippen LogP contribution is 2.24. The van der Waals surface area contributed by atoms with Gasteiger partial charge < -0.3 is 0 Å². The minimum absolute atomic E-state index is 0.946. The topological polar surface area (TPSA) is 12.4 Å². The van der Waals surface area contributed by atoms with Crippen molar-refractivity contribution in [2.24, 2.45) is 4.99 Å². The van der Waals surface area contributed by atoms with Crippen molar-refractivity contribution in [3.63, 3.8) is 0 Å². The summed E-state index contributed by atoms with van der Waals surface area (Å²) in [5.41, 5.74) is 8.85. The fourth-order valence-electron chi connectivity index (χ4n) is 3.33. The molecule has 0 saturated carbocycles. The van der Waals surface area contributed by atoms with Gasteiger partial charge in [0, 0.05) is 16.7 Å². The van der Waals surface area contributed by atoms with Crippen molar-refractivity contribution in [3.05, 3.63) is 143 Å². The third-order valence-electron chi connectivity index (χ3n) is 5.05. The van der Waals surface area contributed by atoms with E-state index < -0.39 is 0 Å². The highest BCUT2D eigenvalue weighted by atomic mass is 14.8. The van der Waals surface area contributed by atoms with Gasteiger partial charge in [0.05, 0.1) is 11.4 Å². The zero-order valence-corrected chi connectivity index (χ0v) is 17.4. The number of aryl methyl sites for hydroxylation is 2. The lowest BCUT2D eigenvalue weighted by atomic mass is 10.0. The highest BCUT2D eigenvalue weighted by molar-refractivity contribution is 6.15. The van der Waals surface area contributed by atoms with Gasteiger partial charge in [0.1, 0.15) is 0 Å². The fraction of sp³-hybridized carbons (Fsp3) is 0.0690. The van der Waals surface area contributed by atoms with Crippen LogP contribution in [0.2, 0.25) is 0 Å². The number of nitrogens with zero attached hydrogens (tertiary/aromatic N) is 1. The molecule has 0 bridgehead atoms. The first-order valence-electron chi connectivity index (χ1n) is 10.2. The number of hydrogen-bond acceptors (Lipinski definition) is 1. The molecule has 0 aliphatic carbocycles. The van der Waals surface area contributed by atoms with E-state index >= 15 is 0 Å². The first-order valence-corrected chi connectivity index (χ1v) is 10.2. The summed E-state index contributed by atoms with van der Waals surface area (Å²) < 4.78 is 0. The van der Waals surface area contributed by atoms with Crippen molar-refractivity contribution in [1.29, 1.82) is 0 Å². The van der Waals surface area contributed by atoms with Gasteiger partial charge in [-0.2, -0.15) is 0 Å². The Kier molecular flexibility index (Phi) is 6.01. The van der Waals surface area contributed by atoms with Crippen molar-refractivity contribution >= 4 is 17.5 Å². The Morgan fingerprint density at radius 2 is 1.00 bits per heavy atom. The van der Waals surface area contributed by atoms with E-state index in [1.54, 1.807) is 0 Å². The largest absolute Gasteiger partial charge is 0.247 e. The summed E-state index contributed by atoms with van der Waals surface area (Å²) in [7, 11) is 0. The summed E-state index contributed by atoms with van der Waals surface area (Å²) in [6.45, 7) is 4.21. The molecule has 0 aliphatic rings. The van der Waals surface area contributed by atoms with Crippen LogP contribution < -0.4 is 0 Å². The van der Waals surface area contributed by atoms with Crippen molar-refractivity contribution in [2.45, 2.75) is 13.8 Å². The number of rotatable bonds is 5. The molecule has 0 radical (unpaired) electrons. The SMILES string of the molecule is Cc1ccc(/C=C(/N=C(c2ccccc2)c2ccccc2)c2ccc(C)cc2)cc1. The van der Waals surface area contributed by atoms with E-state index in [-0.39, 0.29) is 0 Å². The van der Waals surface area contributed by atoms with Crippen LogP contribution in [-0.4, -0.2) is 5.71 Å². The number of benzene rings is 4. The Bertz CT molecular complexity index is 1110. The molecule has 4 aromatic carbocycles. The number of hydrogen-bond donors (Lipinski definition) is 0. The van der Waals surface area contributed by atoms with Gasteiger partial charge in [-0.05, 0) is 25.5 Å². The summed E-state index contributed by atoms with van der Waals surface area (Å²) in [4.78, 5) is 5.21. The second-order valence-electron chi connectivity index (χ2n) is 7.50. The average molecular weight is 388 g/mol. The molecular formula is C29H25N. The Labute approximate surface area is 179 Å². The van der Waals surface area contributed by atoms with Crippen LogP contribution in [0.1, 0.15) is 33.4 Å². The molecule has 0 atom stereocenters. The van der Waals surface area contributed by atoms with Crippen LogP contribution in [0.3, 0.4) is 0 Å². The molecule has 0 saturated heterocycles. The molecule has 0 amide bonds. The van der Waals surface area contributed by atoms with Crippen LogP contribution >= 0.6 is 0 Å². The van der Waals surface area contributed by atoms with Crippen LogP contribution in [0.25, 0.3) is 11.8 Å². The lowest BCUT2D eigenvalue weighted by molar-refractivity contribution is 1.42. The molecule has 0 aliphatic heterocycles. The molecule has 0 unspecified atom stereocenters.